The number of nitrogens with two attached hydrogens (primary N) is 1. The fraction of sp³-hybridized carbons (Fsp3) is 1.00. The molecule has 1 atom stereocenters. The summed E-state index contributed by atoms with van der Waals surface area (Å²) >= 11 is 0. The molecular formula is C12H21NO3S. The summed E-state index contributed by atoms with van der Waals surface area (Å²) in [5.74, 6) is 2.36. The van der Waals surface area contributed by atoms with Crippen LogP contribution in [0.3, 0.4) is 0 Å². The van der Waals surface area contributed by atoms with E-state index in [4.69, 9.17) is 10.3 Å². The fourth-order valence-corrected chi connectivity index (χ4v) is 5.64. The molecule has 0 aromatic heterocycles. The van der Waals surface area contributed by atoms with Crippen LogP contribution in [0.2, 0.25) is 0 Å². The fourth-order valence-electron chi connectivity index (χ4n) is 5.07. The Morgan fingerprint density at radius 2 is 1.53 bits per heavy atom. The van der Waals surface area contributed by atoms with Gasteiger partial charge in [0.2, 0.25) is 0 Å². The van der Waals surface area contributed by atoms with Gasteiger partial charge >= 0.3 is 0 Å². The van der Waals surface area contributed by atoms with Gasteiger partial charge in [-0.2, -0.15) is 8.42 Å². The van der Waals surface area contributed by atoms with E-state index in [9.17, 15) is 8.42 Å². The van der Waals surface area contributed by atoms with Crippen molar-refractivity contribution in [1.29, 1.82) is 0 Å². The molecule has 1 unspecified atom stereocenters. The summed E-state index contributed by atoms with van der Waals surface area (Å²) in [6.45, 7) is 0. The second kappa shape index (κ2) is 3.68. The normalized spacial score (nSPS) is 46.1. The Balaban J connectivity index is 1.78. The van der Waals surface area contributed by atoms with Crippen LogP contribution in [0.5, 0.6) is 0 Å². The lowest BCUT2D eigenvalue weighted by molar-refractivity contribution is -0.0575. The lowest BCUT2D eigenvalue weighted by Gasteiger charge is -2.57. The number of hydrogen-bond acceptors (Lipinski definition) is 3. The highest BCUT2D eigenvalue weighted by Gasteiger charge is 2.51. The first kappa shape index (κ1) is 11.9. The van der Waals surface area contributed by atoms with Gasteiger partial charge in [0.25, 0.3) is 10.1 Å². The molecule has 5 heteroatoms. The van der Waals surface area contributed by atoms with Crippen molar-refractivity contribution < 1.29 is 13.0 Å². The molecule has 4 saturated carbocycles. The zero-order chi connectivity index (χ0) is 12.3. The molecule has 4 fully saturated rings. The van der Waals surface area contributed by atoms with Crippen molar-refractivity contribution >= 4 is 10.1 Å². The lowest BCUT2D eigenvalue weighted by atomic mass is 9.49. The van der Waals surface area contributed by atoms with Crippen LogP contribution in [-0.4, -0.2) is 18.3 Å². The molecular weight excluding hydrogens is 238 g/mol. The van der Waals surface area contributed by atoms with Crippen LogP contribution in [0.25, 0.3) is 0 Å². The van der Waals surface area contributed by atoms with Crippen molar-refractivity contribution in [2.45, 2.75) is 50.3 Å². The summed E-state index contributed by atoms with van der Waals surface area (Å²) in [5.41, 5.74) is 5.75. The zero-order valence-corrected chi connectivity index (χ0v) is 10.8. The Kier molecular flexibility index (Phi) is 2.58. The van der Waals surface area contributed by atoms with E-state index < -0.39 is 15.5 Å². The Bertz CT molecular complexity index is 382. The maximum Gasteiger partial charge on any atom is 0.280 e. The van der Waals surface area contributed by atoms with E-state index in [0.29, 0.717) is 6.42 Å². The monoisotopic (exact) mass is 259 g/mol. The molecule has 98 valence electrons. The lowest BCUT2D eigenvalue weighted by Crippen LogP contribution is -2.49. The van der Waals surface area contributed by atoms with E-state index in [-0.39, 0.29) is 5.41 Å². The van der Waals surface area contributed by atoms with Gasteiger partial charge in [0.05, 0.1) is 0 Å². The number of hydrogen-bond donors (Lipinski definition) is 2. The highest BCUT2D eigenvalue weighted by molar-refractivity contribution is 7.86. The molecule has 4 nitrogen and oxygen atoms in total. The Hall–Kier alpha value is -0.130. The quantitative estimate of drug-likeness (QED) is 0.757. The SMILES string of the molecule is NC(CC12CC3CC(CC(C3)C1)C2)S(=O)(=O)O. The van der Waals surface area contributed by atoms with Crippen molar-refractivity contribution in [3.63, 3.8) is 0 Å². The molecule has 17 heavy (non-hydrogen) atoms. The van der Waals surface area contributed by atoms with Crippen LogP contribution in [0.1, 0.15) is 44.9 Å². The standard InChI is InChI=1S/C12H21NO3S/c13-11(17(14,15)16)7-12-4-8-1-9(5-12)3-10(2-8)6-12/h8-11H,1-7,13H2,(H,14,15,16). The molecule has 0 saturated heterocycles. The smallest absolute Gasteiger partial charge is 0.280 e. The summed E-state index contributed by atoms with van der Waals surface area (Å²) in [4.78, 5) is 0. The van der Waals surface area contributed by atoms with Crippen LogP contribution in [0, 0.1) is 23.2 Å². The molecule has 4 aliphatic carbocycles. The van der Waals surface area contributed by atoms with Gasteiger partial charge in [0, 0.05) is 0 Å². The van der Waals surface area contributed by atoms with Crippen LogP contribution in [0.15, 0.2) is 0 Å². The second-order valence-corrected chi connectivity index (χ2v) is 8.31. The Morgan fingerprint density at radius 1 is 1.12 bits per heavy atom. The number of rotatable bonds is 3. The van der Waals surface area contributed by atoms with E-state index in [2.05, 4.69) is 0 Å². The molecule has 0 heterocycles. The van der Waals surface area contributed by atoms with Crippen molar-refractivity contribution in [2.24, 2.45) is 28.9 Å². The van der Waals surface area contributed by atoms with Crippen molar-refractivity contribution in [3.8, 4) is 0 Å². The third kappa shape index (κ3) is 2.13. The first-order chi connectivity index (χ1) is 7.86. The third-order valence-electron chi connectivity index (χ3n) is 5.18. The largest absolute Gasteiger partial charge is 0.313 e. The molecule has 0 amide bonds. The van der Waals surface area contributed by atoms with Gasteiger partial charge in [-0.3, -0.25) is 4.55 Å². The average molecular weight is 259 g/mol. The van der Waals surface area contributed by atoms with Crippen molar-refractivity contribution in [1.82, 2.24) is 0 Å². The van der Waals surface area contributed by atoms with E-state index >= 15 is 0 Å². The van der Waals surface area contributed by atoms with E-state index in [1.165, 1.54) is 19.3 Å². The van der Waals surface area contributed by atoms with Crippen molar-refractivity contribution in [3.05, 3.63) is 0 Å². The average Bonchev–Trinajstić information content (AvgIpc) is 2.12. The molecule has 3 N–H and O–H groups in total. The van der Waals surface area contributed by atoms with Crippen LogP contribution in [-0.2, 0) is 10.1 Å². The summed E-state index contributed by atoms with van der Waals surface area (Å²) in [5, 5.41) is -1.08. The molecule has 0 aliphatic heterocycles. The molecule has 0 radical (unpaired) electrons. The molecule has 0 spiro atoms. The minimum absolute atomic E-state index is 0.115. The maximum absolute atomic E-state index is 11.1. The van der Waals surface area contributed by atoms with Gasteiger partial charge < -0.3 is 5.73 Å². The minimum Gasteiger partial charge on any atom is -0.313 e. The predicted molar refractivity (Wildman–Crippen MR) is 64.7 cm³/mol. The molecule has 0 aromatic rings. The molecule has 4 aliphatic rings. The molecule has 4 rings (SSSR count). The highest BCUT2D eigenvalue weighted by atomic mass is 32.2. The summed E-state index contributed by atoms with van der Waals surface area (Å²) < 4.78 is 31.2. The van der Waals surface area contributed by atoms with Gasteiger partial charge in [0.1, 0.15) is 5.37 Å². The van der Waals surface area contributed by atoms with Crippen LogP contribution < -0.4 is 5.73 Å². The van der Waals surface area contributed by atoms with Crippen LogP contribution >= 0.6 is 0 Å². The Labute approximate surface area is 103 Å². The molecule has 4 bridgehead atoms. The first-order valence-corrected chi connectivity index (χ1v) is 8.08. The summed E-state index contributed by atoms with van der Waals surface area (Å²) in [7, 11) is -4.07. The van der Waals surface area contributed by atoms with Gasteiger partial charge in [-0.15, -0.1) is 0 Å². The second-order valence-electron chi connectivity index (χ2n) is 6.68. The maximum atomic E-state index is 11.1. The Morgan fingerprint density at radius 3 is 1.88 bits per heavy atom. The van der Waals surface area contributed by atoms with E-state index in [0.717, 1.165) is 37.0 Å². The predicted octanol–water partition coefficient (Wildman–Crippen LogP) is 1.77. The van der Waals surface area contributed by atoms with Crippen molar-refractivity contribution in [2.75, 3.05) is 0 Å². The summed E-state index contributed by atoms with van der Waals surface area (Å²) in [6.07, 6.45) is 7.84. The molecule has 0 aromatic carbocycles. The summed E-state index contributed by atoms with van der Waals surface area (Å²) in [6, 6.07) is 0. The zero-order valence-electron chi connectivity index (χ0n) is 10.0. The van der Waals surface area contributed by atoms with E-state index in [1.54, 1.807) is 0 Å². The first-order valence-electron chi connectivity index (χ1n) is 6.58. The van der Waals surface area contributed by atoms with Gasteiger partial charge in [-0.25, -0.2) is 0 Å². The van der Waals surface area contributed by atoms with Crippen LogP contribution in [0.4, 0.5) is 0 Å². The van der Waals surface area contributed by atoms with E-state index in [1.807, 2.05) is 0 Å². The minimum atomic E-state index is -4.07. The third-order valence-corrected chi connectivity index (χ3v) is 6.11. The van der Waals surface area contributed by atoms with Gasteiger partial charge in [0.15, 0.2) is 0 Å². The van der Waals surface area contributed by atoms with Gasteiger partial charge in [-0.1, -0.05) is 0 Å². The highest BCUT2D eigenvalue weighted by Crippen LogP contribution is 2.61. The van der Waals surface area contributed by atoms with Gasteiger partial charge in [-0.05, 0) is 68.1 Å². The topological polar surface area (TPSA) is 80.4 Å².